The summed E-state index contributed by atoms with van der Waals surface area (Å²) in [6, 6.07) is 6.59. The molecule has 0 aromatic carbocycles. The predicted molar refractivity (Wildman–Crippen MR) is 74.1 cm³/mol. The van der Waals surface area contributed by atoms with Crippen LogP contribution in [0.1, 0.15) is 12.8 Å². The molecule has 0 atom stereocenters. The number of carbonyl (C=O) groups excluding carboxylic acids is 1. The Kier molecular flexibility index (Phi) is 3.64. The highest BCUT2D eigenvalue weighted by atomic mass is 16.2. The first-order valence-electron chi connectivity index (χ1n) is 6.99. The van der Waals surface area contributed by atoms with E-state index in [4.69, 9.17) is 0 Å². The van der Waals surface area contributed by atoms with Crippen molar-refractivity contribution in [1.29, 1.82) is 0 Å². The second-order valence-corrected chi connectivity index (χ2v) is 5.23. The first-order chi connectivity index (χ1) is 9.33. The summed E-state index contributed by atoms with van der Waals surface area (Å²) in [6.45, 7) is 4.40. The number of piperidine rings is 1. The summed E-state index contributed by atoms with van der Waals surface area (Å²) in [5.74, 6) is 1.23. The van der Waals surface area contributed by atoms with Gasteiger partial charge in [-0.3, -0.25) is 9.69 Å². The molecule has 1 aromatic heterocycles. The van der Waals surface area contributed by atoms with Crippen molar-refractivity contribution in [3.8, 4) is 0 Å². The third kappa shape index (κ3) is 2.87. The Morgan fingerprint density at radius 2 is 2.05 bits per heavy atom. The van der Waals surface area contributed by atoms with Crippen molar-refractivity contribution in [2.24, 2.45) is 0 Å². The minimum Gasteiger partial charge on any atom is -0.357 e. The molecule has 0 bridgehead atoms. The summed E-state index contributed by atoms with van der Waals surface area (Å²) in [5.41, 5.74) is 0. The lowest BCUT2D eigenvalue weighted by Gasteiger charge is -2.40. The van der Waals surface area contributed by atoms with E-state index in [1.807, 2.05) is 18.3 Å². The number of carbonyl (C=O) groups is 1. The SMILES string of the molecule is O=C1CN(C2CCN(c3ccccn3)CC2)CCN1. The summed E-state index contributed by atoms with van der Waals surface area (Å²) in [6.07, 6.45) is 4.07. The van der Waals surface area contributed by atoms with Crippen LogP contribution in [0.15, 0.2) is 24.4 Å². The molecular weight excluding hydrogens is 240 g/mol. The van der Waals surface area contributed by atoms with Crippen LogP contribution in [-0.2, 0) is 4.79 Å². The van der Waals surface area contributed by atoms with Gasteiger partial charge in [-0.1, -0.05) is 6.07 Å². The summed E-state index contributed by atoms with van der Waals surface area (Å²) in [5, 5.41) is 2.88. The van der Waals surface area contributed by atoms with E-state index in [0.717, 1.165) is 44.8 Å². The normalized spacial score (nSPS) is 22.3. The molecule has 0 aliphatic carbocycles. The predicted octanol–water partition coefficient (Wildman–Crippen LogP) is 0.482. The van der Waals surface area contributed by atoms with E-state index in [-0.39, 0.29) is 5.91 Å². The first kappa shape index (κ1) is 12.4. The fourth-order valence-corrected chi connectivity index (χ4v) is 2.97. The summed E-state index contributed by atoms with van der Waals surface area (Å²) >= 11 is 0. The van der Waals surface area contributed by atoms with Crippen molar-refractivity contribution in [2.75, 3.05) is 37.6 Å². The number of piperazine rings is 1. The Hall–Kier alpha value is -1.62. The molecule has 3 heterocycles. The van der Waals surface area contributed by atoms with Crippen molar-refractivity contribution in [2.45, 2.75) is 18.9 Å². The average molecular weight is 260 g/mol. The first-order valence-corrected chi connectivity index (χ1v) is 6.99. The van der Waals surface area contributed by atoms with E-state index in [2.05, 4.69) is 26.2 Å². The number of hydrogen-bond acceptors (Lipinski definition) is 4. The Morgan fingerprint density at radius 1 is 1.21 bits per heavy atom. The molecule has 2 aliphatic rings. The summed E-state index contributed by atoms with van der Waals surface area (Å²) in [4.78, 5) is 20.5. The van der Waals surface area contributed by atoms with Crippen LogP contribution in [0.25, 0.3) is 0 Å². The highest BCUT2D eigenvalue weighted by molar-refractivity contribution is 5.78. The fourth-order valence-electron chi connectivity index (χ4n) is 2.97. The van der Waals surface area contributed by atoms with Crippen molar-refractivity contribution in [3.05, 3.63) is 24.4 Å². The Balaban J connectivity index is 1.56. The van der Waals surface area contributed by atoms with E-state index in [0.29, 0.717) is 12.6 Å². The minimum absolute atomic E-state index is 0.165. The molecule has 2 saturated heterocycles. The highest BCUT2D eigenvalue weighted by Crippen LogP contribution is 2.21. The number of rotatable bonds is 2. The summed E-state index contributed by atoms with van der Waals surface area (Å²) < 4.78 is 0. The largest absolute Gasteiger partial charge is 0.357 e. The number of aromatic nitrogens is 1. The molecule has 19 heavy (non-hydrogen) atoms. The summed E-state index contributed by atoms with van der Waals surface area (Å²) in [7, 11) is 0. The van der Waals surface area contributed by atoms with Gasteiger partial charge in [-0.05, 0) is 25.0 Å². The smallest absolute Gasteiger partial charge is 0.234 e. The fraction of sp³-hybridized carbons (Fsp3) is 0.571. The molecule has 0 spiro atoms. The third-order valence-corrected chi connectivity index (χ3v) is 4.02. The topological polar surface area (TPSA) is 48.5 Å². The van der Waals surface area contributed by atoms with Crippen molar-refractivity contribution in [1.82, 2.24) is 15.2 Å². The van der Waals surface area contributed by atoms with Crippen molar-refractivity contribution in [3.63, 3.8) is 0 Å². The van der Waals surface area contributed by atoms with Gasteiger partial charge in [-0.2, -0.15) is 0 Å². The van der Waals surface area contributed by atoms with Crippen LogP contribution >= 0.6 is 0 Å². The lowest BCUT2D eigenvalue weighted by Crippen LogP contribution is -2.54. The standard InChI is InChI=1S/C14H20N4O/c19-14-11-18(10-7-16-14)12-4-8-17(9-5-12)13-3-1-2-6-15-13/h1-3,6,12H,4-5,7-11H2,(H,16,19). The van der Waals surface area contributed by atoms with Crippen molar-refractivity contribution >= 4 is 11.7 Å². The molecule has 1 N–H and O–H groups in total. The van der Waals surface area contributed by atoms with E-state index in [1.165, 1.54) is 0 Å². The maximum Gasteiger partial charge on any atom is 0.234 e. The molecule has 0 unspecified atom stereocenters. The van der Waals surface area contributed by atoms with Crippen LogP contribution in [0.2, 0.25) is 0 Å². The Morgan fingerprint density at radius 3 is 2.74 bits per heavy atom. The van der Waals surface area contributed by atoms with Crippen LogP contribution in [0, 0.1) is 0 Å². The van der Waals surface area contributed by atoms with E-state index in [1.54, 1.807) is 0 Å². The Labute approximate surface area is 113 Å². The number of pyridine rings is 1. The molecule has 0 saturated carbocycles. The van der Waals surface area contributed by atoms with Gasteiger partial charge in [0, 0.05) is 38.4 Å². The van der Waals surface area contributed by atoms with Crippen LogP contribution < -0.4 is 10.2 Å². The molecule has 1 aromatic rings. The lowest BCUT2D eigenvalue weighted by molar-refractivity contribution is -0.125. The molecule has 2 fully saturated rings. The second kappa shape index (κ2) is 5.57. The zero-order chi connectivity index (χ0) is 13.1. The molecule has 2 aliphatic heterocycles. The second-order valence-electron chi connectivity index (χ2n) is 5.23. The molecule has 0 radical (unpaired) electrons. The number of nitrogens with one attached hydrogen (secondary N) is 1. The number of amides is 1. The van der Waals surface area contributed by atoms with Gasteiger partial charge in [0.1, 0.15) is 5.82 Å². The average Bonchev–Trinajstić information content (AvgIpc) is 2.48. The lowest BCUT2D eigenvalue weighted by atomic mass is 10.0. The zero-order valence-electron chi connectivity index (χ0n) is 11.1. The quantitative estimate of drug-likeness (QED) is 0.840. The van der Waals surface area contributed by atoms with Gasteiger partial charge in [0.05, 0.1) is 6.54 Å². The van der Waals surface area contributed by atoms with Gasteiger partial charge in [0.25, 0.3) is 0 Å². The Bertz CT molecular complexity index is 428. The highest BCUT2D eigenvalue weighted by Gasteiger charge is 2.28. The van der Waals surface area contributed by atoms with Crippen LogP contribution in [0.3, 0.4) is 0 Å². The third-order valence-electron chi connectivity index (χ3n) is 4.02. The molecule has 3 rings (SSSR count). The number of hydrogen-bond donors (Lipinski definition) is 1. The van der Waals surface area contributed by atoms with Crippen LogP contribution in [0.5, 0.6) is 0 Å². The monoisotopic (exact) mass is 260 g/mol. The van der Waals surface area contributed by atoms with Gasteiger partial charge in [-0.15, -0.1) is 0 Å². The van der Waals surface area contributed by atoms with E-state index in [9.17, 15) is 4.79 Å². The molecule has 5 nitrogen and oxygen atoms in total. The van der Waals surface area contributed by atoms with Gasteiger partial charge in [-0.25, -0.2) is 4.98 Å². The zero-order valence-corrected chi connectivity index (χ0v) is 11.1. The number of nitrogens with zero attached hydrogens (tertiary/aromatic N) is 3. The number of anilines is 1. The van der Waals surface area contributed by atoms with Crippen LogP contribution in [-0.4, -0.2) is 54.6 Å². The molecule has 1 amide bonds. The van der Waals surface area contributed by atoms with Gasteiger partial charge in [0.2, 0.25) is 5.91 Å². The van der Waals surface area contributed by atoms with Crippen LogP contribution in [0.4, 0.5) is 5.82 Å². The molecule has 102 valence electrons. The minimum atomic E-state index is 0.165. The van der Waals surface area contributed by atoms with E-state index >= 15 is 0 Å². The van der Waals surface area contributed by atoms with Gasteiger partial charge in [0.15, 0.2) is 0 Å². The van der Waals surface area contributed by atoms with Crippen molar-refractivity contribution < 1.29 is 4.79 Å². The van der Waals surface area contributed by atoms with E-state index < -0.39 is 0 Å². The molecule has 5 heteroatoms. The van der Waals surface area contributed by atoms with Gasteiger partial charge >= 0.3 is 0 Å². The molecular formula is C14H20N4O. The maximum atomic E-state index is 11.4. The van der Waals surface area contributed by atoms with Gasteiger partial charge < -0.3 is 10.2 Å². The maximum absolute atomic E-state index is 11.4.